The summed E-state index contributed by atoms with van der Waals surface area (Å²) in [6.45, 7) is 0.715. The number of halogens is 1. The van der Waals surface area contributed by atoms with Gasteiger partial charge in [0.05, 0.1) is 21.7 Å². The van der Waals surface area contributed by atoms with Gasteiger partial charge in [-0.15, -0.1) is 11.3 Å². The summed E-state index contributed by atoms with van der Waals surface area (Å²) in [5.41, 5.74) is 0.293. The number of ether oxygens (including phenoxy) is 2. The molecule has 1 aliphatic heterocycles. The van der Waals surface area contributed by atoms with Crippen molar-refractivity contribution in [3.8, 4) is 11.5 Å². The second kappa shape index (κ2) is 7.20. The van der Waals surface area contributed by atoms with Crippen molar-refractivity contribution in [1.29, 1.82) is 0 Å². The first kappa shape index (κ1) is 17.2. The average Bonchev–Trinajstić information content (AvgIpc) is 3.22. The van der Waals surface area contributed by atoms with Gasteiger partial charge >= 0.3 is 0 Å². The standard InChI is InChI=1S/C20H14FNO4S/c21-14-5-2-1-4-12(14)19(23)13-10-16-17(26-8-7-25-16)11-15(13)22-20(24)18-6-3-9-27-18/h1-6,9-11H,7-8H2,(H,22,24). The number of thiophene rings is 1. The smallest absolute Gasteiger partial charge is 0.265 e. The van der Waals surface area contributed by atoms with Crippen LogP contribution in [-0.2, 0) is 0 Å². The van der Waals surface area contributed by atoms with Crippen LogP contribution < -0.4 is 14.8 Å². The average molecular weight is 383 g/mol. The van der Waals surface area contributed by atoms with Gasteiger partial charge in [0.2, 0.25) is 0 Å². The van der Waals surface area contributed by atoms with Gasteiger partial charge in [0.25, 0.3) is 5.91 Å². The van der Waals surface area contributed by atoms with Crippen LogP contribution in [0.4, 0.5) is 10.1 Å². The molecule has 0 atom stereocenters. The fraction of sp³-hybridized carbons (Fsp3) is 0.100. The van der Waals surface area contributed by atoms with E-state index in [1.807, 2.05) is 0 Å². The van der Waals surface area contributed by atoms with E-state index >= 15 is 0 Å². The number of hydrogen-bond acceptors (Lipinski definition) is 5. The lowest BCUT2D eigenvalue weighted by molar-refractivity contribution is 0.103. The molecular weight excluding hydrogens is 369 g/mol. The molecule has 0 aliphatic carbocycles. The molecule has 5 nitrogen and oxygen atoms in total. The summed E-state index contributed by atoms with van der Waals surface area (Å²) in [6.07, 6.45) is 0. The molecule has 1 aromatic heterocycles. The molecule has 0 unspecified atom stereocenters. The Morgan fingerprint density at radius 2 is 1.70 bits per heavy atom. The van der Waals surface area contributed by atoms with Crippen LogP contribution in [0.5, 0.6) is 11.5 Å². The highest BCUT2D eigenvalue weighted by Crippen LogP contribution is 2.37. The summed E-state index contributed by atoms with van der Waals surface area (Å²) in [5.74, 6) is -0.730. The van der Waals surface area contributed by atoms with Gasteiger partial charge in [0.15, 0.2) is 17.3 Å². The quantitative estimate of drug-likeness (QED) is 0.688. The maximum absolute atomic E-state index is 14.1. The number of anilines is 1. The number of carbonyl (C=O) groups excluding carboxylic acids is 2. The number of hydrogen-bond donors (Lipinski definition) is 1. The minimum atomic E-state index is -0.632. The number of rotatable bonds is 4. The second-order valence-corrected chi connectivity index (χ2v) is 6.73. The van der Waals surface area contributed by atoms with E-state index in [0.29, 0.717) is 29.6 Å². The first-order chi connectivity index (χ1) is 13.1. The van der Waals surface area contributed by atoms with Crippen LogP contribution in [-0.4, -0.2) is 24.9 Å². The van der Waals surface area contributed by atoms with E-state index in [4.69, 9.17) is 9.47 Å². The van der Waals surface area contributed by atoms with Gasteiger partial charge < -0.3 is 14.8 Å². The monoisotopic (exact) mass is 383 g/mol. The van der Waals surface area contributed by atoms with Gasteiger partial charge in [0, 0.05) is 6.07 Å². The third-order valence-corrected chi connectivity index (χ3v) is 4.91. The highest BCUT2D eigenvalue weighted by molar-refractivity contribution is 7.12. The zero-order valence-corrected chi connectivity index (χ0v) is 14.8. The van der Waals surface area contributed by atoms with Crippen LogP contribution in [0.1, 0.15) is 25.6 Å². The van der Waals surface area contributed by atoms with Gasteiger partial charge in [-0.3, -0.25) is 9.59 Å². The Morgan fingerprint density at radius 3 is 2.41 bits per heavy atom. The highest BCUT2D eigenvalue weighted by Gasteiger charge is 2.24. The maximum atomic E-state index is 14.1. The Morgan fingerprint density at radius 1 is 0.963 bits per heavy atom. The molecule has 0 bridgehead atoms. The minimum Gasteiger partial charge on any atom is -0.486 e. The Kier molecular flexibility index (Phi) is 4.60. The molecule has 1 amide bonds. The normalized spacial score (nSPS) is 12.5. The Balaban J connectivity index is 1.77. The molecule has 4 rings (SSSR count). The fourth-order valence-corrected chi connectivity index (χ4v) is 3.38. The lowest BCUT2D eigenvalue weighted by atomic mass is 10.00. The Labute approximate surface area is 158 Å². The third kappa shape index (κ3) is 3.41. The lowest BCUT2D eigenvalue weighted by Crippen LogP contribution is -2.19. The van der Waals surface area contributed by atoms with E-state index in [1.54, 1.807) is 23.6 Å². The summed E-state index contributed by atoms with van der Waals surface area (Å²) in [5, 5.41) is 4.51. The Bertz CT molecular complexity index is 1020. The molecule has 3 aromatic rings. The van der Waals surface area contributed by atoms with Gasteiger partial charge in [-0.2, -0.15) is 0 Å². The topological polar surface area (TPSA) is 64.6 Å². The van der Waals surface area contributed by atoms with E-state index in [-0.39, 0.29) is 22.7 Å². The van der Waals surface area contributed by atoms with Crippen molar-refractivity contribution >= 4 is 28.7 Å². The molecule has 2 aromatic carbocycles. The molecule has 0 saturated heterocycles. The number of benzene rings is 2. The highest BCUT2D eigenvalue weighted by atomic mass is 32.1. The molecule has 0 fully saturated rings. The fourth-order valence-electron chi connectivity index (χ4n) is 2.76. The number of carbonyl (C=O) groups is 2. The van der Waals surface area contributed by atoms with Crippen molar-refractivity contribution in [2.75, 3.05) is 18.5 Å². The number of amides is 1. The molecule has 0 spiro atoms. The number of fused-ring (bicyclic) bond motifs is 1. The maximum Gasteiger partial charge on any atom is 0.265 e. The van der Waals surface area contributed by atoms with Crippen molar-refractivity contribution in [3.63, 3.8) is 0 Å². The summed E-state index contributed by atoms with van der Waals surface area (Å²) in [4.78, 5) is 25.9. The van der Waals surface area contributed by atoms with Gasteiger partial charge in [0.1, 0.15) is 19.0 Å². The molecule has 7 heteroatoms. The minimum absolute atomic E-state index is 0.0826. The Hall–Kier alpha value is -3.19. The van der Waals surface area contributed by atoms with Gasteiger partial charge in [-0.05, 0) is 29.6 Å². The predicted octanol–water partition coefficient (Wildman–Crippen LogP) is 4.14. The molecule has 2 heterocycles. The molecule has 27 heavy (non-hydrogen) atoms. The summed E-state index contributed by atoms with van der Waals surface area (Å²) in [7, 11) is 0. The van der Waals surface area contributed by atoms with Crippen molar-refractivity contribution in [2.24, 2.45) is 0 Å². The molecule has 0 saturated carbocycles. The van der Waals surface area contributed by atoms with Crippen LogP contribution in [0.25, 0.3) is 0 Å². The second-order valence-electron chi connectivity index (χ2n) is 5.78. The zero-order chi connectivity index (χ0) is 18.8. The van der Waals surface area contributed by atoms with E-state index in [9.17, 15) is 14.0 Å². The van der Waals surface area contributed by atoms with Crippen LogP contribution >= 0.6 is 11.3 Å². The van der Waals surface area contributed by atoms with E-state index < -0.39 is 11.6 Å². The van der Waals surface area contributed by atoms with Crippen molar-refractivity contribution in [2.45, 2.75) is 0 Å². The third-order valence-electron chi connectivity index (χ3n) is 4.04. The van der Waals surface area contributed by atoms with Crippen molar-refractivity contribution in [1.82, 2.24) is 0 Å². The van der Waals surface area contributed by atoms with Crippen LogP contribution in [0.15, 0.2) is 53.9 Å². The predicted molar refractivity (Wildman–Crippen MR) is 99.5 cm³/mol. The number of nitrogens with one attached hydrogen (secondary N) is 1. The number of ketones is 1. The summed E-state index contributed by atoms with van der Waals surface area (Å²) in [6, 6.07) is 12.2. The van der Waals surface area contributed by atoms with E-state index in [2.05, 4.69) is 5.32 Å². The first-order valence-electron chi connectivity index (χ1n) is 8.21. The summed E-state index contributed by atoms with van der Waals surface area (Å²) < 4.78 is 25.2. The molecule has 1 N–H and O–H groups in total. The van der Waals surface area contributed by atoms with Gasteiger partial charge in [-0.1, -0.05) is 18.2 Å². The van der Waals surface area contributed by atoms with Crippen molar-refractivity contribution in [3.05, 3.63) is 75.7 Å². The lowest BCUT2D eigenvalue weighted by Gasteiger charge is -2.21. The van der Waals surface area contributed by atoms with Crippen LogP contribution in [0, 0.1) is 5.82 Å². The SMILES string of the molecule is O=C(Nc1cc2c(cc1C(=O)c1ccccc1F)OCCO2)c1cccs1. The van der Waals surface area contributed by atoms with Crippen LogP contribution in [0.2, 0.25) is 0 Å². The van der Waals surface area contributed by atoms with E-state index in [1.165, 1.54) is 41.7 Å². The molecule has 0 radical (unpaired) electrons. The van der Waals surface area contributed by atoms with E-state index in [0.717, 1.165) is 0 Å². The molecule has 1 aliphatic rings. The first-order valence-corrected chi connectivity index (χ1v) is 9.09. The molecule has 136 valence electrons. The zero-order valence-electron chi connectivity index (χ0n) is 14.0. The van der Waals surface area contributed by atoms with Gasteiger partial charge in [-0.25, -0.2) is 4.39 Å². The van der Waals surface area contributed by atoms with Crippen LogP contribution in [0.3, 0.4) is 0 Å². The van der Waals surface area contributed by atoms with Crippen molar-refractivity contribution < 1.29 is 23.5 Å². The largest absolute Gasteiger partial charge is 0.486 e. The molecular formula is C20H14FNO4S. The summed E-state index contributed by atoms with van der Waals surface area (Å²) >= 11 is 1.28.